The highest BCUT2D eigenvalue weighted by Crippen LogP contribution is 2.29. The van der Waals surface area contributed by atoms with Crippen LogP contribution in [0.5, 0.6) is 5.75 Å². The molecule has 2 rings (SSSR count). The van der Waals surface area contributed by atoms with Crippen molar-refractivity contribution in [1.29, 1.82) is 0 Å². The second-order valence-corrected chi connectivity index (χ2v) is 5.01. The number of esters is 1. The molecular formula is C16H19NO5. The Morgan fingerprint density at radius 2 is 2.09 bits per heavy atom. The van der Waals surface area contributed by atoms with Gasteiger partial charge in [-0.05, 0) is 25.0 Å². The monoisotopic (exact) mass is 305 g/mol. The van der Waals surface area contributed by atoms with Crippen molar-refractivity contribution in [1.82, 2.24) is 0 Å². The molecule has 1 unspecified atom stereocenters. The molecule has 0 fully saturated rings. The van der Waals surface area contributed by atoms with E-state index in [1.165, 1.54) is 7.11 Å². The molecule has 1 N–H and O–H groups in total. The van der Waals surface area contributed by atoms with Crippen molar-refractivity contribution in [3.05, 3.63) is 36.0 Å². The zero-order chi connectivity index (χ0) is 16.1. The van der Waals surface area contributed by atoms with E-state index in [4.69, 9.17) is 9.47 Å². The van der Waals surface area contributed by atoms with E-state index in [1.807, 2.05) is 6.07 Å². The first-order valence-corrected chi connectivity index (χ1v) is 6.99. The summed E-state index contributed by atoms with van der Waals surface area (Å²) in [5.74, 6) is -1.26. The number of ether oxygens (including phenoxy) is 2. The summed E-state index contributed by atoms with van der Waals surface area (Å²) in [5.41, 5.74) is 1.06. The first-order chi connectivity index (χ1) is 10.6. The second kappa shape index (κ2) is 6.98. The van der Waals surface area contributed by atoms with Gasteiger partial charge in [0.25, 0.3) is 0 Å². The van der Waals surface area contributed by atoms with Crippen molar-refractivity contribution in [2.24, 2.45) is 5.92 Å². The van der Waals surface area contributed by atoms with Crippen molar-refractivity contribution in [3.63, 3.8) is 0 Å². The lowest BCUT2D eigenvalue weighted by Gasteiger charge is -2.27. The Kier molecular flexibility index (Phi) is 5.04. The molecule has 1 aliphatic heterocycles. The molecule has 1 aliphatic rings. The van der Waals surface area contributed by atoms with Crippen LogP contribution in [0.3, 0.4) is 0 Å². The molecule has 0 saturated carbocycles. The van der Waals surface area contributed by atoms with Crippen LogP contribution in [0.4, 0.5) is 5.69 Å². The summed E-state index contributed by atoms with van der Waals surface area (Å²) in [5, 5.41) is 9.32. The van der Waals surface area contributed by atoms with E-state index in [-0.39, 0.29) is 6.54 Å². The van der Waals surface area contributed by atoms with Gasteiger partial charge in [0, 0.05) is 18.3 Å². The quantitative estimate of drug-likeness (QED) is 0.858. The Labute approximate surface area is 128 Å². The van der Waals surface area contributed by atoms with Crippen LogP contribution >= 0.6 is 0 Å². The summed E-state index contributed by atoms with van der Waals surface area (Å²) in [6.45, 7) is 0.212. The van der Waals surface area contributed by atoms with Crippen LogP contribution in [0.15, 0.2) is 36.0 Å². The summed E-state index contributed by atoms with van der Waals surface area (Å²) in [4.78, 5) is 25.1. The van der Waals surface area contributed by atoms with E-state index < -0.39 is 17.9 Å². The summed E-state index contributed by atoms with van der Waals surface area (Å²) < 4.78 is 10.0. The number of benzene rings is 1. The molecule has 0 amide bonds. The van der Waals surface area contributed by atoms with Crippen LogP contribution in [0.2, 0.25) is 0 Å². The number of carboxylic acid groups (broad SMARTS) is 1. The summed E-state index contributed by atoms with van der Waals surface area (Å²) >= 11 is 0. The molecule has 0 aromatic heterocycles. The van der Waals surface area contributed by atoms with Gasteiger partial charge >= 0.3 is 11.9 Å². The highest BCUT2D eigenvalue weighted by atomic mass is 16.5. The van der Waals surface area contributed by atoms with E-state index in [1.54, 1.807) is 36.3 Å². The third kappa shape index (κ3) is 3.39. The maximum absolute atomic E-state index is 12.0. The minimum absolute atomic E-state index is 0.212. The van der Waals surface area contributed by atoms with Gasteiger partial charge in [-0.2, -0.15) is 0 Å². The topological polar surface area (TPSA) is 76.1 Å². The van der Waals surface area contributed by atoms with Gasteiger partial charge in [0.2, 0.25) is 0 Å². The highest BCUT2D eigenvalue weighted by Gasteiger charge is 2.29. The van der Waals surface area contributed by atoms with Gasteiger partial charge in [-0.1, -0.05) is 12.1 Å². The Morgan fingerprint density at radius 1 is 1.32 bits per heavy atom. The Morgan fingerprint density at radius 3 is 2.73 bits per heavy atom. The molecule has 22 heavy (non-hydrogen) atoms. The van der Waals surface area contributed by atoms with Crippen molar-refractivity contribution >= 4 is 17.6 Å². The van der Waals surface area contributed by atoms with Gasteiger partial charge in [0.05, 0.1) is 20.1 Å². The van der Waals surface area contributed by atoms with Crippen LogP contribution < -0.4 is 9.64 Å². The van der Waals surface area contributed by atoms with E-state index in [9.17, 15) is 14.7 Å². The number of carboxylic acids is 1. The molecule has 0 spiro atoms. The van der Waals surface area contributed by atoms with Gasteiger partial charge in [-0.25, -0.2) is 4.79 Å². The zero-order valence-electron chi connectivity index (χ0n) is 12.6. The fourth-order valence-electron chi connectivity index (χ4n) is 2.46. The van der Waals surface area contributed by atoms with Gasteiger partial charge < -0.3 is 19.5 Å². The van der Waals surface area contributed by atoms with Gasteiger partial charge in [0.1, 0.15) is 11.4 Å². The van der Waals surface area contributed by atoms with Gasteiger partial charge in [-0.3, -0.25) is 4.79 Å². The average Bonchev–Trinajstić information content (AvgIpc) is 2.77. The summed E-state index contributed by atoms with van der Waals surface area (Å²) in [7, 11) is 2.87. The predicted molar refractivity (Wildman–Crippen MR) is 80.8 cm³/mol. The summed E-state index contributed by atoms with van der Waals surface area (Å²) in [6, 6.07) is 7.16. The fraction of sp³-hybridized carbons (Fsp3) is 0.375. The molecule has 1 heterocycles. The maximum atomic E-state index is 12.0. The number of carbonyl (C=O) groups is 2. The molecule has 0 bridgehead atoms. The van der Waals surface area contributed by atoms with Crippen molar-refractivity contribution in [3.8, 4) is 5.75 Å². The lowest BCUT2D eigenvalue weighted by molar-refractivity contribution is -0.142. The first kappa shape index (κ1) is 15.9. The van der Waals surface area contributed by atoms with Crippen LogP contribution in [-0.4, -0.2) is 37.8 Å². The van der Waals surface area contributed by atoms with Crippen molar-refractivity contribution < 1.29 is 24.2 Å². The maximum Gasteiger partial charge on any atom is 0.354 e. The Hall–Kier alpha value is -2.50. The van der Waals surface area contributed by atoms with E-state index in [2.05, 4.69) is 0 Å². The lowest BCUT2D eigenvalue weighted by Crippen LogP contribution is -2.34. The summed E-state index contributed by atoms with van der Waals surface area (Å²) in [6.07, 6.45) is 2.73. The third-order valence-corrected chi connectivity index (χ3v) is 3.66. The molecule has 1 aromatic carbocycles. The van der Waals surface area contributed by atoms with Crippen LogP contribution in [0.25, 0.3) is 0 Å². The number of allylic oxidation sites excluding steroid dienone is 1. The second-order valence-electron chi connectivity index (χ2n) is 5.01. The van der Waals surface area contributed by atoms with E-state index >= 15 is 0 Å². The average molecular weight is 305 g/mol. The number of nitrogens with zero attached hydrogens (tertiary/aromatic N) is 1. The SMILES string of the molecule is COC(=O)C1=CCCC(C(=O)O)CN1c1cccc(OC)c1. The van der Waals surface area contributed by atoms with Crippen LogP contribution in [0.1, 0.15) is 12.8 Å². The number of hydrogen-bond acceptors (Lipinski definition) is 5. The minimum Gasteiger partial charge on any atom is -0.497 e. The Bertz CT molecular complexity index is 596. The molecule has 118 valence electrons. The predicted octanol–water partition coefficient (Wildman–Crippen LogP) is 2.05. The third-order valence-electron chi connectivity index (χ3n) is 3.66. The number of methoxy groups -OCH3 is 2. The normalized spacial score (nSPS) is 18.2. The standard InChI is InChI=1S/C16H19NO5/c1-21-13-7-4-6-12(9-13)17-10-11(15(18)19)5-3-8-14(17)16(20)22-2/h4,6-9,11H,3,5,10H2,1-2H3,(H,18,19). The fourth-order valence-corrected chi connectivity index (χ4v) is 2.46. The van der Waals surface area contributed by atoms with Crippen molar-refractivity contribution in [2.45, 2.75) is 12.8 Å². The van der Waals surface area contributed by atoms with Gasteiger partial charge in [-0.15, -0.1) is 0 Å². The van der Waals surface area contributed by atoms with E-state index in [0.29, 0.717) is 30.0 Å². The van der Waals surface area contributed by atoms with E-state index in [0.717, 1.165) is 0 Å². The number of carbonyl (C=O) groups excluding carboxylic acids is 1. The molecule has 6 nitrogen and oxygen atoms in total. The van der Waals surface area contributed by atoms with Crippen molar-refractivity contribution in [2.75, 3.05) is 25.7 Å². The first-order valence-electron chi connectivity index (χ1n) is 6.99. The smallest absolute Gasteiger partial charge is 0.354 e. The Balaban J connectivity index is 2.41. The molecule has 0 aliphatic carbocycles. The molecule has 0 radical (unpaired) electrons. The van der Waals surface area contributed by atoms with Crippen LogP contribution in [0, 0.1) is 5.92 Å². The number of hydrogen-bond donors (Lipinski definition) is 1. The number of rotatable bonds is 4. The highest BCUT2D eigenvalue weighted by molar-refractivity contribution is 5.93. The largest absolute Gasteiger partial charge is 0.497 e. The molecule has 6 heteroatoms. The molecule has 1 aromatic rings. The molecular weight excluding hydrogens is 286 g/mol. The molecule has 1 atom stereocenters. The van der Waals surface area contributed by atoms with Gasteiger partial charge in [0.15, 0.2) is 0 Å². The molecule has 0 saturated heterocycles. The number of aliphatic carboxylic acids is 1. The number of anilines is 1. The van der Waals surface area contributed by atoms with Crippen LogP contribution in [-0.2, 0) is 14.3 Å². The lowest BCUT2D eigenvalue weighted by atomic mass is 10.0. The minimum atomic E-state index is -0.868. The zero-order valence-corrected chi connectivity index (χ0v) is 12.6.